The van der Waals surface area contributed by atoms with Crippen molar-refractivity contribution in [3.8, 4) is 0 Å². The number of anilines is 1. The molecule has 0 saturated heterocycles. The molecule has 0 aliphatic rings. The van der Waals surface area contributed by atoms with Crippen LogP contribution in [0.15, 0.2) is 39.9 Å². The minimum atomic E-state index is -0.412. The molecule has 0 aliphatic heterocycles. The molecule has 1 aromatic heterocycles. The van der Waals surface area contributed by atoms with Crippen LogP contribution >= 0.6 is 0 Å². The van der Waals surface area contributed by atoms with Gasteiger partial charge < -0.3 is 5.73 Å². The zero-order valence-electron chi connectivity index (χ0n) is 7.28. The third-order valence-corrected chi connectivity index (χ3v) is 1.97. The minimum Gasteiger partial charge on any atom is -0.399 e. The quantitative estimate of drug-likeness (QED) is 0.590. The van der Waals surface area contributed by atoms with Crippen LogP contribution in [0.4, 0.5) is 5.69 Å². The molecule has 70 valence electrons. The van der Waals surface area contributed by atoms with E-state index in [1.807, 2.05) is 0 Å². The number of fused-ring (bicyclic) bond motifs is 1. The summed E-state index contributed by atoms with van der Waals surface area (Å²) in [5, 5.41) is 1.12. The molecule has 4 heteroatoms. The Morgan fingerprint density at radius 3 is 2.64 bits per heavy atom. The first-order chi connectivity index (χ1) is 6.66. The van der Waals surface area contributed by atoms with Gasteiger partial charge in [-0.1, -0.05) is 0 Å². The number of hydrogen-bond acceptors (Lipinski definition) is 3. The van der Waals surface area contributed by atoms with E-state index in [9.17, 15) is 9.59 Å². The van der Waals surface area contributed by atoms with Crippen LogP contribution < -0.4 is 16.9 Å². The van der Waals surface area contributed by atoms with Crippen molar-refractivity contribution >= 4 is 16.5 Å². The molecule has 2 aromatic rings. The van der Waals surface area contributed by atoms with Gasteiger partial charge in [-0.25, -0.2) is 0 Å². The van der Waals surface area contributed by atoms with E-state index in [0.29, 0.717) is 16.5 Å². The number of rotatable bonds is 0. The predicted molar refractivity (Wildman–Crippen MR) is 55.3 cm³/mol. The van der Waals surface area contributed by atoms with Crippen molar-refractivity contribution in [3.05, 3.63) is 51.0 Å². The van der Waals surface area contributed by atoms with Crippen LogP contribution in [0.5, 0.6) is 0 Å². The van der Waals surface area contributed by atoms with Crippen LogP contribution in [0.25, 0.3) is 10.8 Å². The van der Waals surface area contributed by atoms with Crippen molar-refractivity contribution in [3.63, 3.8) is 0 Å². The van der Waals surface area contributed by atoms with Gasteiger partial charge in [0.15, 0.2) is 0 Å². The van der Waals surface area contributed by atoms with Crippen LogP contribution in [0, 0.1) is 0 Å². The zero-order valence-corrected chi connectivity index (χ0v) is 7.28. The van der Waals surface area contributed by atoms with Gasteiger partial charge in [0.05, 0.1) is 0 Å². The lowest BCUT2D eigenvalue weighted by Crippen LogP contribution is -2.12. The number of benzene rings is 1. The maximum atomic E-state index is 11.4. The van der Waals surface area contributed by atoms with Crippen molar-refractivity contribution in [1.29, 1.82) is 0 Å². The largest absolute Gasteiger partial charge is 0.399 e. The van der Waals surface area contributed by atoms with E-state index in [1.54, 1.807) is 24.3 Å². The van der Waals surface area contributed by atoms with Gasteiger partial charge in [0, 0.05) is 17.1 Å². The van der Waals surface area contributed by atoms with Crippen molar-refractivity contribution in [2.45, 2.75) is 0 Å². The van der Waals surface area contributed by atoms with Gasteiger partial charge in [-0.15, -0.1) is 0 Å². The number of aromatic amines is 1. The Morgan fingerprint density at radius 2 is 1.86 bits per heavy atom. The lowest BCUT2D eigenvalue weighted by Gasteiger charge is -1.92. The van der Waals surface area contributed by atoms with E-state index < -0.39 is 11.1 Å². The molecular weight excluding hydrogens is 180 g/mol. The summed E-state index contributed by atoms with van der Waals surface area (Å²) in [6.45, 7) is 0. The number of H-pyrrole nitrogens is 1. The molecule has 4 nitrogen and oxygen atoms in total. The number of nitrogens with two attached hydrogens (primary N) is 1. The van der Waals surface area contributed by atoms with Crippen LogP contribution in [0.1, 0.15) is 0 Å². The van der Waals surface area contributed by atoms with Crippen LogP contribution in [-0.2, 0) is 0 Å². The lowest BCUT2D eigenvalue weighted by molar-refractivity contribution is 1.22. The molecule has 1 heterocycles. The van der Waals surface area contributed by atoms with E-state index in [4.69, 9.17) is 5.73 Å². The van der Waals surface area contributed by atoms with E-state index in [1.165, 1.54) is 6.07 Å². The molecule has 1 aromatic carbocycles. The van der Waals surface area contributed by atoms with Gasteiger partial charge in [-0.3, -0.25) is 14.6 Å². The normalized spacial score (nSPS) is 10.3. The average molecular weight is 188 g/mol. The molecule has 0 bridgehead atoms. The molecule has 2 rings (SSSR count). The van der Waals surface area contributed by atoms with E-state index in [2.05, 4.69) is 4.98 Å². The standard InChI is InChI=1S/C10H8N2O2/c11-7-2-3-8-6(5-7)1-4-9(13)12-10(8)14/h1-5H,11H2,(H,12,13,14). The Morgan fingerprint density at radius 1 is 1.07 bits per heavy atom. The summed E-state index contributed by atoms with van der Waals surface area (Å²) in [7, 11) is 0. The first-order valence-electron chi connectivity index (χ1n) is 4.10. The van der Waals surface area contributed by atoms with Crippen LogP contribution in [-0.4, -0.2) is 4.98 Å². The highest BCUT2D eigenvalue weighted by atomic mass is 16.2. The molecule has 0 amide bonds. The number of nitrogen functional groups attached to an aromatic ring is 1. The SMILES string of the molecule is Nc1ccc2c(=O)[nH]c(=O)ccc2c1. The van der Waals surface area contributed by atoms with Crippen LogP contribution in [0.3, 0.4) is 0 Å². The second kappa shape index (κ2) is 2.99. The van der Waals surface area contributed by atoms with Gasteiger partial charge >= 0.3 is 0 Å². The third-order valence-electron chi connectivity index (χ3n) is 1.97. The van der Waals surface area contributed by atoms with Gasteiger partial charge in [0.1, 0.15) is 0 Å². The van der Waals surface area contributed by atoms with Gasteiger partial charge in [-0.2, -0.15) is 0 Å². The van der Waals surface area contributed by atoms with Crippen molar-refractivity contribution < 1.29 is 0 Å². The Labute approximate surface area is 79.0 Å². The minimum absolute atomic E-state index is 0.394. The maximum Gasteiger partial charge on any atom is 0.258 e. The fraction of sp³-hybridized carbons (Fsp3) is 0. The Hall–Kier alpha value is -2.10. The summed E-state index contributed by atoms with van der Waals surface area (Å²) in [6.07, 6.45) is 0. The third kappa shape index (κ3) is 1.37. The molecule has 0 spiro atoms. The summed E-state index contributed by atoms with van der Waals surface area (Å²) in [5.41, 5.74) is 5.32. The molecule has 0 fully saturated rings. The number of nitrogens with one attached hydrogen (secondary N) is 1. The Kier molecular flexibility index (Phi) is 1.81. The smallest absolute Gasteiger partial charge is 0.258 e. The molecule has 0 radical (unpaired) electrons. The van der Waals surface area contributed by atoms with Gasteiger partial charge in [0.2, 0.25) is 0 Å². The second-order valence-electron chi connectivity index (χ2n) is 3.00. The zero-order chi connectivity index (χ0) is 10.1. The molecular formula is C10H8N2O2. The number of hydrogen-bond donors (Lipinski definition) is 2. The summed E-state index contributed by atoms with van der Waals surface area (Å²) in [4.78, 5) is 24.6. The van der Waals surface area contributed by atoms with Crippen molar-refractivity contribution in [2.75, 3.05) is 5.73 Å². The fourth-order valence-electron chi connectivity index (χ4n) is 1.31. The predicted octanol–water partition coefficient (Wildman–Crippen LogP) is 0.470. The second-order valence-corrected chi connectivity index (χ2v) is 3.00. The summed E-state index contributed by atoms with van der Waals surface area (Å²) in [6, 6.07) is 7.77. The monoisotopic (exact) mass is 188 g/mol. The van der Waals surface area contributed by atoms with E-state index >= 15 is 0 Å². The van der Waals surface area contributed by atoms with E-state index in [-0.39, 0.29) is 0 Å². The molecule has 0 unspecified atom stereocenters. The Bertz CT molecular complexity index is 602. The van der Waals surface area contributed by atoms with Crippen molar-refractivity contribution in [1.82, 2.24) is 4.98 Å². The maximum absolute atomic E-state index is 11.4. The summed E-state index contributed by atoms with van der Waals surface area (Å²) >= 11 is 0. The summed E-state index contributed by atoms with van der Waals surface area (Å²) < 4.78 is 0. The average Bonchev–Trinajstić information content (AvgIpc) is 2.26. The van der Waals surface area contributed by atoms with Crippen LogP contribution in [0.2, 0.25) is 0 Å². The molecule has 0 aliphatic carbocycles. The molecule has 0 saturated carbocycles. The molecule has 3 N–H and O–H groups in total. The highest BCUT2D eigenvalue weighted by Gasteiger charge is 1.96. The van der Waals surface area contributed by atoms with Gasteiger partial charge in [-0.05, 0) is 29.7 Å². The highest BCUT2D eigenvalue weighted by molar-refractivity contribution is 5.83. The van der Waals surface area contributed by atoms with Crippen molar-refractivity contribution in [2.24, 2.45) is 0 Å². The topological polar surface area (TPSA) is 76.0 Å². The molecule has 14 heavy (non-hydrogen) atoms. The van der Waals surface area contributed by atoms with Gasteiger partial charge in [0.25, 0.3) is 11.1 Å². The Balaban J connectivity index is 3.06. The first-order valence-corrected chi connectivity index (χ1v) is 4.10. The fourth-order valence-corrected chi connectivity index (χ4v) is 1.31. The first kappa shape index (κ1) is 8.50. The molecule has 0 atom stereocenters. The number of aromatic nitrogens is 1. The lowest BCUT2D eigenvalue weighted by atomic mass is 10.2. The highest BCUT2D eigenvalue weighted by Crippen LogP contribution is 2.11. The van der Waals surface area contributed by atoms with E-state index in [0.717, 1.165) is 0 Å². The summed E-state index contributed by atoms with van der Waals surface area (Å²) in [5.74, 6) is 0.